The number of carbonyl (C=O) groups excluding carboxylic acids is 2. The largest absolute Gasteiger partial charge is 0.322 e. The van der Waals surface area contributed by atoms with Crippen LogP contribution in [0.5, 0.6) is 0 Å². The van der Waals surface area contributed by atoms with Gasteiger partial charge in [0, 0.05) is 11.3 Å². The Morgan fingerprint density at radius 2 is 1.77 bits per heavy atom. The Labute approximate surface area is 158 Å². The van der Waals surface area contributed by atoms with E-state index in [9.17, 15) is 14.0 Å². The molecule has 1 aromatic heterocycles. The third-order valence-electron chi connectivity index (χ3n) is 3.66. The lowest BCUT2D eigenvalue weighted by molar-refractivity contribution is 0.101. The Morgan fingerprint density at radius 3 is 2.46 bits per heavy atom. The summed E-state index contributed by atoms with van der Waals surface area (Å²) in [5.74, 6) is -1.05. The molecule has 0 bridgehead atoms. The molecule has 3 rings (SSSR count). The molecule has 0 atom stereocenters. The Balaban J connectivity index is 1.80. The minimum Gasteiger partial charge on any atom is -0.322 e. The summed E-state index contributed by atoms with van der Waals surface area (Å²) in [6.45, 7) is 1.70. The number of aryl methyl sites for hydroxylation is 1. The number of anilines is 2. The minimum absolute atomic E-state index is 0.297. The molecule has 2 N–H and O–H groups in total. The van der Waals surface area contributed by atoms with Crippen LogP contribution in [0.4, 0.5) is 15.8 Å². The number of nitrogens with one attached hydrogen (secondary N) is 2. The van der Waals surface area contributed by atoms with Gasteiger partial charge in [-0.1, -0.05) is 17.7 Å². The summed E-state index contributed by atoms with van der Waals surface area (Å²) in [7, 11) is 0. The van der Waals surface area contributed by atoms with E-state index >= 15 is 0 Å². The maximum atomic E-state index is 13.2. The normalized spacial score (nSPS) is 10.4. The Morgan fingerprint density at radius 1 is 1.00 bits per heavy atom. The molecule has 26 heavy (non-hydrogen) atoms. The number of rotatable bonds is 4. The van der Waals surface area contributed by atoms with Crippen LogP contribution in [0, 0.1) is 12.7 Å². The molecule has 0 aliphatic carbocycles. The molecule has 0 radical (unpaired) electrons. The zero-order chi connectivity index (χ0) is 18.7. The quantitative estimate of drug-likeness (QED) is 0.632. The highest BCUT2D eigenvalue weighted by Gasteiger charge is 2.14. The van der Waals surface area contributed by atoms with Gasteiger partial charge in [0.25, 0.3) is 11.8 Å². The van der Waals surface area contributed by atoms with Gasteiger partial charge in [0.05, 0.1) is 15.6 Å². The number of thiophene rings is 1. The van der Waals surface area contributed by atoms with E-state index in [0.717, 1.165) is 0 Å². The standard InChI is InChI=1S/C19H14ClFN2O2S/c1-11-9-13(21)5-7-15(11)22-18(24)12-4-6-14(20)16(10-12)23-19(25)17-3-2-8-26-17/h2-10H,1H3,(H,22,24)(H,23,25). The summed E-state index contributed by atoms with van der Waals surface area (Å²) in [5.41, 5.74) is 1.78. The Bertz CT molecular complexity index is 974. The molecule has 4 nitrogen and oxygen atoms in total. The molecule has 3 aromatic rings. The molecule has 1 heterocycles. The van der Waals surface area contributed by atoms with Crippen molar-refractivity contribution in [1.82, 2.24) is 0 Å². The molecule has 132 valence electrons. The average molecular weight is 389 g/mol. The monoisotopic (exact) mass is 388 g/mol. The van der Waals surface area contributed by atoms with Crippen molar-refractivity contribution in [1.29, 1.82) is 0 Å². The third kappa shape index (κ3) is 4.09. The molecular weight excluding hydrogens is 375 g/mol. The van der Waals surface area contributed by atoms with Crippen LogP contribution in [0.2, 0.25) is 5.02 Å². The van der Waals surface area contributed by atoms with Gasteiger partial charge in [-0.2, -0.15) is 0 Å². The van der Waals surface area contributed by atoms with Gasteiger partial charge >= 0.3 is 0 Å². The second-order valence-corrected chi connectivity index (χ2v) is 6.89. The van der Waals surface area contributed by atoms with Crippen molar-refractivity contribution in [2.24, 2.45) is 0 Å². The van der Waals surface area contributed by atoms with Crippen LogP contribution in [0.15, 0.2) is 53.9 Å². The summed E-state index contributed by atoms with van der Waals surface area (Å²) in [6, 6.07) is 12.2. The predicted octanol–water partition coefficient (Wildman–Crippen LogP) is 5.35. The van der Waals surface area contributed by atoms with Crippen molar-refractivity contribution in [3.8, 4) is 0 Å². The maximum absolute atomic E-state index is 13.2. The fraction of sp³-hybridized carbons (Fsp3) is 0.0526. The lowest BCUT2D eigenvalue weighted by Crippen LogP contribution is -2.15. The zero-order valence-electron chi connectivity index (χ0n) is 13.7. The van der Waals surface area contributed by atoms with Gasteiger partial charge in [-0.05, 0) is 60.3 Å². The highest BCUT2D eigenvalue weighted by Crippen LogP contribution is 2.25. The van der Waals surface area contributed by atoms with E-state index in [-0.39, 0.29) is 17.6 Å². The van der Waals surface area contributed by atoms with E-state index in [0.29, 0.717) is 32.4 Å². The van der Waals surface area contributed by atoms with Gasteiger partial charge in [-0.15, -0.1) is 11.3 Å². The summed E-state index contributed by atoms with van der Waals surface area (Å²) < 4.78 is 13.2. The predicted molar refractivity (Wildman–Crippen MR) is 103 cm³/mol. The van der Waals surface area contributed by atoms with Crippen molar-refractivity contribution in [2.75, 3.05) is 10.6 Å². The van der Waals surface area contributed by atoms with E-state index in [4.69, 9.17) is 11.6 Å². The van der Waals surface area contributed by atoms with Crippen LogP contribution in [-0.4, -0.2) is 11.8 Å². The molecule has 0 saturated heterocycles. The van der Waals surface area contributed by atoms with Crippen LogP contribution in [0.25, 0.3) is 0 Å². The number of halogens is 2. The number of amides is 2. The molecule has 0 aliphatic heterocycles. The first-order valence-electron chi connectivity index (χ1n) is 7.66. The van der Waals surface area contributed by atoms with E-state index in [1.165, 1.54) is 41.7 Å². The molecule has 2 aromatic carbocycles. The molecular formula is C19H14ClFN2O2S. The number of carbonyl (C=O) groups is 2. The Kier molecular flexibility index (Phi) is 5.35. The van der Waals surface area contributed by atoms with Crippen molar-refractivity contribution in [3.63, 3.8) is 0 Å². The molecule has 2 amide bonds. The van der Waals surface area contributed by atoms with Gasteiger partial charge in [0.2, 0.25) is 0 Å². The number of benzene rings is 2. The van der Waals surface area contributed by atoms with Crippen LogP contribution in [-0.2, 0) is 0 Å². The lowest BCUT2D eigenvalue weighted by Gasteiger charge is -2.11. The fourth-order valence-corrected chi connectivity index (χ4v) is 3.10. The first kappa shape index (κ1) is 18.1. The summed E-state index contributed by atoms with van der Waals surface area (Å²) >= 11 is 7.43. The van der Waals surface area contributed by atoms with Crippen molar-refractivity contribution >= 4 is 46.1 Å². The average Bonchev–Trinajstić information content (AvgIpc) is 3.14. The summed E-state index contributed by atoms with van der Waals surface area (Å²) in [5, 5.41) is 7.54. The molecule has 0 aliphatic rings. The smallest absolute Gasteiger partial charge is 0.265 e. The highest BCUT2D eigenvalue weighted by atomic mass is 35.5. The third-order valence-corrected chi connectivity index (χ3v) is 4.86. The van der Waals surface area contributed by atoms with Crippen molar-refractivity contribution in [3.05, 3.63) is 80.8 Å². The van der Waals surface area contributed by atoms with Gasteiger partial charge in [0.15, 0.2) is 0 Å². The van der Waals surface area contributed by atoms with E-state index < -0.39 is 0 Å². The first-order chi connectivity index (χ1) is 12.4. The van der Waals surface area contributed by atoms with Gasteiger partial charge in [-0.25, -0.2) is 4.39 Å². The van der Waals surface area contributed by atoms with Crippen LogP contribution in [0.3, 0.4) is 0 Å². The van der Waals surface area contributed by atoms with Gasteiger partial charge in [0.1, 0.15) is 5.82 Å². The van der Waals surface area contributed by atoms with E-state index in [1.807, 2.05) is 0 Å². The van der Waals surface area contributed by atoms with Crippen molar-refractivity contribution in [2.45, 2.75) is 6.92 Å². The van der Waals surface area contributed by atoms with Crippen LogP contribution < -0.4 is 10.6 Å². The fourth-order valence-electron chi connectivity index (χ4n) is 2.32. The molecule has 0 spiro atoms. The van der Waals surface area contributed by atoms with Gasteiger partial charge in [-0.3, -0.25) is 9.59 Å². The van der Waals surface area contributed by atoms with Crippen molar-refractivity contribution < 1.29 is 14.0 Å². The second-order valence-electron chi connectivity index (χ2n) is 5.54. The molecule has 7 heteroatoms. The number of hydrogen-bond acceptors (Lipinski definition) is 3. The summed E-state index contributed by atoms with van der Waals surface area (Å²) in [4.78, 5) is 25.2. The Hall–Kier alpha value is -2.70. The highest BCUT2D eigenvalue weighted by molar-refractivity contribution is 7.12. The second kappa shape index (κ2) is 7.68. The molecule has 0 fully saturated rings. The lowest BCUT2D eigenvalue weighted by atomic mass is 10.1. The summed E-state index contributed by atoms with van der Waals surface area (Å²) in [6.07, 6.45) is 0. The van der Waals surface area contributed by atoms with E-state index in [2.05, 4.69) is 10.6 Å². The number of hydrogen-bond donors (Lipinski definition) is 2. The van der Waals surface area contributed by atoms with Crippen LogP contribution >= 0.6 is 22.9 Å². The van der Waals surface area contributed by atoms with Crippen LogP contribution in [0.1, 0.15) is 25.6 Å². The zero-order valence-corrected chi connectivity index (χ0v) is 15.2. The molecule has 0 unspecified atom stereocenters. The minimum atomic E-state index is -0.386. The maximum Gasteiger partial charge on any atom is 0.265 e. The first-order valence-corrected chi connectivity index (χ1v) is 8.92. The molecule has 0 saturated carbocycles. The van der Waals surface area contributed by atoms with E-state index in [1.54, 1.807) is 30.5 Å². The van der Waals surface area contributed by atoms with Gasteiger partial charge < -0.3 is 10.6 Å². The topological polar surface area (TPSA) is 58.2 Å². The SMILES string of the molecule is Cc1cc(F)ccc1NC(=O)c1ccc(Cl)c(NC(=O)c2cccs2)c1.